The van der Waals surface area contributed by atoms with Gasteiger partial charge in [0.1, 0.15) is 11.9 Å². The average Bonchev–Trinajstić information content (AvgIpc) is 2.41. The van der Waals surface area contributed by atoms with Gasteiger partial charge in [-0.2, -0.15) is 0 Å². The third-order valence-electron chi connectivity index (χ3n) is 3.56. The first-order valence-electron chi connectivity index (χ1n) is 6.27. The van der Waals surface area contributed by atoms with Crippen LogP contribution < -0.4 is 0 Å². The van der Waals surface area contributed by atoms with Crippen LogP contribution in [0, 0.1) is 11.7 Å². The maximum atomic E-state index is 13.1. The largest absolute Gasteiger partial charge is 0.385 e. The Morgan fingerprint density at radius 3 is 2.67 bits per heavy atom. The predicted molar refractivity (Wildman–Crippen MR) is 68.3 cm³/mol. The van der Waals surface area contributed by atoms with Gasteiger partial charge in [-0.05, 0) is 37.0 Å². The Balaban J connectivity index is 2.16. The molecule has 1 aromatic rings. The standard InChI is InChI=1S/C14H16ClFO2/c15-12-7-6-10(16)8-11(12)14(18)13(17)9-4-2-1-3-5-9/h6-9,13,17H,1-5H2. The molecule has 0 aromatic heterocycles. The van der Waals surface area contributed by atoms with Gasteiger partial charge >= 0.3 is 0 Å². The van der Waals surface area contributed by atoms with E-state index in [1.807, 2.05) is 0 Å². The summed E-state index contributed by atoms with van der Waals surface area (Å²) in [6, 6.07) is 3.64. The van der Waals surface area contributed by atoms with E-state index in [0.717, 1.165) is 38.2 Å². The van der Waals surface area contributed by atoms with Crippen molar-refractivity contribution >= 4 is 17.4 Å². The fraction of sp³-hybridized carbons (Fsp3) is 0.500. The molecular weight excluding hydrogens is 255 g/mol. The molecule has 98 valence electrons. The third kappa shape index (κ3) is 2.90. The Hall–Kier alpha value is -0.930. The summed E-state index contributed by atoms with van der Waals surface area (Å²) in [4.78, 5) is 12.1. The molecule has 1 fully saturated rings. The molecule has 1 aromatic carbocycles. The molecule has 2 rings (SSSR count). The second kappa shape index (κ2) is 5.81. The smallest absolute Gasteiger partial charge is 0.193 e. The number of carbonyl (C=O) groups is 1. The molecule has 0 bridgehead atoms. The zero-order valence-electron chi connectivity index (χ0n) is 10.0. The van der Waals surface area contributed by atoms with E-state index in [-0.39, 0.29) is 16.5 Å². The highest BCUT2D eigenvalue weighted by atomic mass is 35.5. The van der Waals surface area contributed by atoms with Gasteiger partial charge in [-0.15, -0.1) is 0 Å². The predicted octanol–water partition coefficient (Wildman–Crippen LogP) is 3.60. The van der Waals surface area contributed by atoms with Gasteiger partial charge in [0.05, 0.1) is 5.02 Å². The lowest BCUT2D eigenvalue weighted by Gasteiger charge is -2.25. The van der Waals surface area contributed by atoms with Crippen molar-refractivity contribution in [3.63, 3.8) is 0 Å². The van der Waals surface area contributed by atoms with Crippen molar-refractivity contribution in [1.82, 2.24) is 0 Å². The monoisotopic (exact) mass is 270 g/mol. The summed E-state index contributed by atoms with van der Waals surface area (Å²) in [6.07, 6.45) is 3.85. The zero-order valence-corrected chi connectivity index (χ0v) is 10.8. The second-order valence-electron chi connectivity index (χ2n) is 4.83. The highest BCUT2D eigenvalue weighted by Gasteiger charge is 2.29. The van der Waals surface area contributed by atoms with Crippen LogP contribution in [0.15, 0.2) is 18.2 Å². The Bertz CT molecular complexity index is 441. The molecule has 4 heteroatoms. The van der Waals surface area contributed by atoms with Gasteiger partial charge < -0.3 is 5.11 Å². The Labute approximate surface area is 111 Å². The number of benzene rings is 1. The van der Waals surface area contributed by atoms with Crippen LogP contribution in [0.3, 0.4) is 0 Å². The molecule has 1 N–H and O–H groups in total. The van der Waals surface area contributed by atoms with Crippen LogP contribution in [0.2, 0.25) is 5.02 Å². The van der Waals surface area contributed by atoms with Gasteiger partial charge in [-0.25, -0.2) is 4.39 Å². The summed E-state index contributed by atoms with van der Waals surface area (Å²) in [5.74, 6) is -1.00. The minimum absolute atomic E-state index is 0.0226. The molecule has 1 unspecified atom stereocenters. The summed E-state index contributed by atoms with van der Waals surface area (Å²) in [5.41, 5.74) is 0.0785. The Kier molecular flexibility index (Phi) is 4.36. The number of halogens is 2. The van der Waals surface area contributed by atoms with E-state index in [9.17, 15) is 14.3 Å². The van der Waals surface area contributed by atoms with E-state index < -0.39 is 17.7 Å². The number of ketones is 1. The van der Waals surface area contributed by atoms with Crippen LogP contribution in [0.4, 0.5) is 4.39 Å². The minimum Gasteiger partial charge on any atom is -0.385 e. The minimum atomic E-state index is -1.07. The summed E-state index contributed by atoms with van der Waals surface area (Å²) < 4.78 is 13.1. The van der Waals surface area contributed by atoms with Crippen LogP contribution >= 0.6 is 11.6 Å². The molecular formula is C14H16ClFO2. The first-order chi connectivity index (χ1) is 8.59. The summed E-state index contributed by atoms with van der Waals surface area (Å²) in [5, 5.41) is 10.3. The SMILES string of the molecule is O=C(c1cc(F)ccc1Cl)C(O)C1CCCCC1. The molecule has 1 aliphatic carbocycles. The molecule has 1 aliphatic rings. The van der Waals surface area contributed by atoms with E-state index >= 15 is 0 Å². The van der Waals surface area contributed by atoms with Gasteiger partial charge in [-0.1, -0.05) is 30.9 Å². The quantitative estimate of drug-likeness (QED) is 0.852. The van der Waals surface area contributed by atoms with Crippen molar-refractivity contribution in [2.45, 2.75) is 38.2 Å². The van der Waals surface area contributed by atoms with Gasteiger partial charge in [0.25, 0.3) is 0 Å². The molecule has 2 nitrogen and oxygen atoms in total. The molecule has 1 saturated carbocycles. The fourth-order valence-corrected chi connectivity index (χ4v) is 2.72. The van der Waals surface area contributed by atoms with Crippen molar-refractivity contribution in [1.29, 1.82) is 0 Å². The van der Waals surface area contributed by atoms with E-state index in [1.54, 1.807) is 0 Å². The van der Waals surface area contributed by atoms with Gasteiger partial charge in [0.15, 0.2) is 5.78 Å². The Morgan fingerprint density at radius 2 is 2.00 bits per heavy atom. The van der Waals surface area contributed by atoms with E-state index in [0.29, 0.717) is 0 Å². The molecule has 0 amide bonds. The van der Waals surface area contributed by atoms with Crippen molar-refractivity contribution in [2.75, 3.05) is 0 Å². The van der Waals surface area contributed by atoms with Gasteiger partial charge in [0, 0.05) is 5.56 Å². The lowest BCUT2D eigenvalue weighted by Crippen LogP contribution is -2.31. The molecule has 0 radical (unpaired) electrons. The molecule has 0 heterocycles. The van der Waals surface area contributed by atoms with E-state index in [1.165, 1.54) is 12.1 Å². The van der Waals surface area contributed by atoms with Crippen molar-refractivity contribution in [3.05, 3.63) is 34.6 Å². The highest BCUT2D eigenvalue weighted by Crippen LogP contribution is 2.29. The first kappa shape index (κ1) is 13.5. The van der Waals surface area contributed by atoms with Crippen LogP contribution in [-0.2, 0) is 0 Å². The van der Waals surface area contributed by atoms with E-state index in [2.05, 4.69) is 0 Å². The van der Waals surface area contributed by atoms with Crippen molar-refractivity contribution in [2.24, 2.45) is 5.92 Å². The number of aliphatic hydroxyl groups is 1. The topological polar surface area (TPSA) is 37.3 Å². The number of hydrogen-bond acceptors (Lipinski definition) is 2. The maximum absolute atomic E-state index is 13.1. The van der Waals surface area contributed by atoms with Crippen molar-refractivity contribution in [3.8, 4) is 0 Å². The fourth-order valence-electron chi connectivity index (χ4n) is 2.51. The molecule has 1 atom stereocenters. The Morgan fingerprint density at radius 1 is 1.33 bits per heavy atom. The maximum Gasteiger partial charge on any atom is 0.193 e. The van der Waals surface area contributed by atoms with Gasteiger partial charge in [-0.3, -0.25) is 4.79 Å². The van der Waals surface area contributed by atoms with E-state index in [4.69, 9.17) is 11.6 Å². The lowest BCUT2D eigenvalue weighted by molar-refractivity contribution is 0.0534. The molecule has 0 aliphatic heterocycles. The average molecular weight is 271 g/mol. The van der Waals surface area contributed by atoms with Crippen LogP contribution in [0.5, 0.6) is 0 Å². The zero-order chi connectivity index (χ0) is 13.1. The summed E-state index contributed by atoms with van der Waals surface area (Å²) in [6.45, 7) is 0. The number of Topliss-reactive ketones (excluding diaryl/α,β-unsaturated/α-hetero) is 1. The second-order valence-corrected chi connectivity index (χ2v) is 5.24. The van der Waals surface area contributed by atoms with Crippen molar-refractivity contribution < 1.29 is 14.3 Å². The first-order valence-corrected chi connectivity index (χ1v) is 6.64. The summed E-state index contributed by atoms with van der Waals surface area (Å²) >= 11 is 5.88. The number of rotatable bonds is 3. The number of carbonyl (C=O) groups excluding carboxylic acids is 1. The molecule has 0 spiro atoms. The highest BCUT2D eigenvalue weighted by molar-refractivity contribution is 6.34. The van der Waals surface area contributed by atoms with Crippen LogP contribution in [-0.4, -0.2) is 17.0 Å². The van der Waals surface area contributed by atoms with Gasteiger partial charge in [0.2, 0.25) is 0 Å². The van der Waals surface area contributed by atoms with Crippen LogP contribution in [0.25, 0.3) is 0 Å². The third-order valence-corrected chi connectivity index (χ3v) is 3.89. The lowest BCUT2D eigenvalue weighted by atomic mass is 9.82. The normalized spacial score (nSPS) is 18.6. The molecule has 18 heavy (non-hydrogen) atoms. The summed E-state index contributed by atoms with van der Waals surface area (Å²) in [7, 11) is 0. The molecule has 0 saturated heterocycles. The number of hydrogen-bond donors (Lipinski definition) is 1. The van der Waals surface area contributed by atoms with Crippen LogP contribution in [0.1, 0.15) is 42.5 Å². The number of aliphatic hydroxyl groups excluding tert-OH is 1.